The maximum absolute atomic E-state index is 11.7. The summed E-state index contributed by atoms with van der Waals surface area (Å²) in [4.78, 5) is 31.5. The largest absolute Gasteiger partial charge is 0.508 e. The van der Waals surface area contributed by atoms with E-state index in [1.807, 2.05) is 90.1 Å². The second-order valence-corrected chi connectivity index (χ2v) is 14.2. The van der Waals surface area contributed by atoms with Crippen molar-refractivity contribution in [3.63, 3.8) is 0 Å². The van der Waals surface area contributed by atoms with E-state index in [0.717, 1.165) is 22.5 Å². The first-order valence-corrected chi connectivity index (χ1v) is 17.7. The zero-order chi connectivity index (χ0) is 41.9. The van der Waals surface area contributed by atoms with Crippen LogP contribution in [0.1, 0.15) is 71.2 Å². The summed E-state index contributed by atoms with van der Waals surface area (Å²) < 4.78 is 5.81. The fraction of sp³-hybridized carbons (Fsp3) is 0.200. The van der Waals surface area contributed by atoms with Crippen molar-refractivity contribution >= 4 is 46.4 Å². The Morgan fingerprint density at radius 3 is 1.60 bits per heavy atom. The smallest absolute Gasteiger partial charge is 0.271 e. The van der Waals surface area contributed by atoms with Gasteiger partial charge in [-0.25, -0.2) is 9.97 Å². The minimum absolute atomic E-state index is 0.00695. The molecule has 4 heterocycles. The van der Waals surface area contributed by atoms with E-state index in [1.54, 1.807) is 42.5 Å². The highest BCUT2D eigenvalue weighted by Crippen LogP contribution is 2.28. The molecule has 0 aliphatic heterocycles. The highest BCUT2D eigenvalue weighted by Gasteiger charge is 2.18. The van der Waals surface area contributed by atoms with Crippen molar-refractivity contribution in [1.29, 1.82) is 0 Å². The number of amides is 2. The molecular weight excluding hydrogens is 748 g/mol. The number of aromatic hydroxyl groups is 1. The number of nitrogens with one attached hydrogen (secondary N) is 2. The number of aryl methyl sites for hydroxylation is 2. The molecule has 57 heavy (non-hydrogen) atoms. The summed E-state index contributed by atoms with van der Waals surface area (Å²) >= 11 is 5.73. The Labute approximate surface area is 335 Å². The van der Waals surface area contributed by atoms with E-state index in [4.69, 9.17) is 44.4 Å². The van der Waals surface area contributed by atoms with Crippen molar-refractivity contribution in [1.82, 2.24) is 30.4 Å². The van der Waals surface area contributed by atoms with E-state index in [9.17, 15) is 9.59 Å². The zero-order valence-corrected chi connectivity index (χ0v) is 33.0. The number of anilines is 4. The predicted molar refractivity (Wildman–Crippen MR) is 220 cm³/mol. The van der Waals surface area contributed by atoms with Crippen LogP contribution in [0.15, 0.2) is 97.1 Å². The highest BCUT2D eigenvalue weighted by atomic mass is 35.5. The van der Waals surface area contributed by atoms with Gasteiger partial charge in [0.15, 0.2) is 16.5 Å². The molecule has 0 bridgehead atoms. The Hall–Kier alpha value is -6.75. The van der Waals surface area contributed by atoms with Gasteiger partial charge in [-0.15, -0.1) is 20.4 Å². The van der Waals surface area contributed by atoms with Crippen molar-refractivity contribution in [3.05, 3.63) is 136 Å². The Bertz CT molecular complexity index is 2350. The fourth-order valence-corrected chi connectivity index (χ4v) is 4.98. The molecule has 0 fully saturated rings. The molecule has 0 atom stereocenters. The molecule has 0 spiro atoms. The Morgan fingerprint density at radius 2 is 1.12 bits per heavy atom. The number of phenols is 1. The number of nitrogens with two attached hydrogens (primary N) is 4. The first-order chi connectivity index (χ1) is 26.8. The number of carbonyl (C=O) groups excluding carboxylic acids is 2. The number of aromatic nitrogens is 6. The molecule has 0 unspecified atom stereocenters. The molecule has 16 nitrogen and oxygen atoms in total. The first-order valence-electron chi connectivity index (χ1n) is 17.4. The monoisotopic (exact) mass is 792 g/mol. The molecule has 4 aromatic heterocycles. The van der Waals surface area contributed by atoms with E-state index >= 15 is 0 Å². The number of rotatable bonds is 10. The summed E-state index contributed by atoms with van der Waals surface area (Å²) in [5.41, 5.74) is 25.9. The molecule has 11 N–H and O–H groups in total. The third-order valence-electron chi connectivity index (χ3n) is 7.70. The van der Waals surface area contributed by atoms with Crippen LogP contribution in [-0.2, 0) is 11.1 Å². The number of halogens is 1. The molecule has 0 saturated heterocycles. The highest BCUT2D eigenvalue weighted by molar-refractivity contribution is 6.29. The Kier molecular flexibility index (Phi) is 14.1. The molecule has 17 heteroatoms. The average molecular weight is 793 g/mol. The predicted octanol–water partition coefficient (Wildman–Crippen LogP) is 6.27. The third kappa shape index (κ3) is 13.2. The SMILES string of the molecule is CC(C)(N)c1cccc(O)c1.Cc1cccc(Nc2cc(Cl)nnc2C(N)=O)n1.Cc1cccc(Nc2cc(Oc3cccc(C(C)(C)N)c3)nnc2C(N)=O)n1. The van der Waals surface area contributed by atoms with Gasteiger partial charge in [-0.3, -0.25) is 9.59 Å². The second kappa shape index (κ2) is 18.7. The number of nitrogens with zero attached hydrogens (tertiary/aromatic N) is 6. The number of ether oxygens (including phenoxy) is 1. The maximum atomic E-state index is 11.7. The van der Waals surface area contributed by atoms with Gasteiger partial charge in [0.25, 0.3) is 11.8 Å². The first kappa shape index (κ1) is 43.0. The van der Waals surface area contributed by atoms with Gasteiger partial charge >= 0.3 is 0 Å². The molecule has 0 radical (unpaired) electrons. The summed E-state index contributed by atoms with van der Waals surface area (Å²) in [6.07, 6.45) is 0. The summed E-state index contributed by atoms with van der Waals surface area (Å²) in [5, 5.41) is 30.3. The quantitative estimate of drug-likeness (QED) is 0.0806. The van der Waals surface area contributed by atoms with E-state index < -0.39 is 17.4 Å². The average Bonchev–Trinajstić information content (AvgIpc) is 3.12. The molecule has 2 aromatic carbocycles. The fourth-order valence-electron chi connectivity index (χ4n) is 4.84. The van der Waals surface area contributed by atoms with Crippen LogP contribution < -0.4 is 38.3 Å². The van der Waals surface area contributed by atoms with Crippen LogP contribution in [0.25, 0.3) is 0 Å². The Morgan fingerprint density at radius 1 is 0.649 bits per heavy atom. The van der Waals surface area contributed by atoms with E-state index in [1.165, 1.54) is 6.07 Å². The molecule has 0 aliphatic rings. The lowest BCUT2D eigenvalue weighted by atomic mass is 9.96. The second-order valence-electron chi connectivity index (χ2n) is 13.8. The number of phenolic OH excluding ortho intramolecular Hbond substituents is 1. The van der Waals surface area contributed by atoms with Crippen molar-refractivity contribution < 1.29 is 19.4 Å². The van der Waals surface area contributed by atoms with Gasteiger partial charge in [-0.1, -0.05) is 48.0 Å². The van der Waals surface area contributed by atoms with E-state index in [0.29, 0.717) is 28.8 Å². The molecule has 0 saturated carbocycles. The number of carbonyl (C=O) groups is 2. The molecule has 2 amide bonds. The van der Waals surface area contributed by atoms with Gasteiger partial charge in [0.05, 0.1) is 11.4 Å². The van der Waals surface area contributed by atoms with Crippen molar-refractivity contribution in [2.75, 3.05) is 10.6 Å². The van der Waals surface area contributed by atoms with Gasteiger partial charge in [0, 0.05) is 34.6 Å². The van der Waals surface area contributed by atoms with Gasteiger partial charge in [0.2, 0.25) is 5.88 Å². The van der Waals surface area contributed by atoms with Crippen LogP contribution in [0.5, 0.6) is 17.4 Å². The number of primary amides is 2. The Balaban J connectivity index is 0.000000211. The van der Waals surface area contributed by atoms with Crippen LogP contribution in [0.3, 0.4) is 0 Å². The lowest BCUT2D eigenvalue weighted by Crippen LogP contribution is -2.28. The summed E-state index contributed by atoms with van der Waals surface area (Å²) in [5.74, 6) is 0.746. The van der Waals surface area contributed by atoms with Crippen LogP contribution >= 0.6 is 11.6 Å². The summed E-state index contributed by atoms with van der Waals surface area (Å²) in [6, 6.07) is 28.4. The van der Waals surface area contributed by atoms with Crippen LogP contribution in [0.4, 0.5) is 23.0 Å². The van der Waals surface area contributed by atoms with Crippen molar-refractivity contribution in [2.45, 2.75) is 52.6 Å². The van der Waals surface area contributed by atoms with Crippen molar-refractivity contribution in [2.24, 2.45) is 22.9 Å². The molecule has 6 aromatic rings. The van der Waals surface area contributed by atoms with Crippen LogP contribution in [-0.4, -0.2) is 47.3 Å². The molecule has 0 aliphatic carbocycles. The van der Waals surface area contributed by atoms with Gasteiger partial charge in [-0.2, -0.15) is 0 Å². The number of benzene rings is 2. The maximum Gasteiger partial charge on any atom is 0.271 e. The lowest BCUT2D eigenvalue weighted by Gasteiger charge is -2.19. The normalized spacial score (nSPS) is 10.9. The van der Waals surface area contributed by atoms with E-state index in [2.05, 4.69) is 41.0 Å². The number of hydrogen-bond donors (Lipinski definition) is 7. The summed E-state index contributed by atoms with van der Waals surface area (Å²) in [7, 11) is 0. The number of pyridine rings is 2. The standard InChI is InChI=1S/C20H22N6O2.C11H10ClN5O.C9H13NO/c1-12-6-4-9-16(23-12)24-15-11-17(25-26-18(15)19(21)27)28-14-8-5-7-13(10-14)20(2,3)22;1-6-3-2-4-9(14-6)15-7-5-8(12)16-17-10(7)11(13)18;1-9(2,10)7-4-3-5-8(11)6-7/h4-11H,22H2,1-3H3,(H2,21,27)(H,23,24,25);2-5H,1H3,(H2,13,18)(H,14,15,16);3-6,11H,10H2,1-2H3. The number of hydrogen-bond acceptors (Lipinski definition) is 14. The summed E-state index contributed by atoms with van der Waals surface area (Å²) in [6.45, 7) is 11.3. The zero-order valence-electron chi connectivity index (χ0n) is 32.3. The van der Waals surface area contributed by atoms with Crippen molar-refractivity contribution in [3.8, 4) is 17.4 Å². The minimum atomic E-state index is -0.707. The molecule has 6 rings (SSSR count). The third-order valence-corrected chi connectivity index (χ3v) is 7.88. The molecule has 296 valence electrons. The topological polar surface area (TPSA) is 269 Å². The van der Waals surface area contributed by atoms with Crippen LogP contribution in [0, 0.1) is 13.8 Å². The minimum Gasteiger partial charge on any atom is -0.508 e. The van der Waals surface area contributed by atoms with Gasteiger partial charge in [0.1, 0.15) is 23.1 Å². The van der Waals surface area contributed by atoms with Crippen LogP contribution in [0.2, 0.25) is 5.15 Å². The van der Waals surface area contributed by atoms with E-state index in [-0.39, 0.29) is 33.7 Å². The van der Waals surface area contributed by atoms with Gasteiger partial charge in [-0.05, 0) is 101 Å². The van der Waals surface area contributed by atoms with Gasteiger partial charge < -0.3 is 43.4 Å². The molecular formula is C40H45ClN12O4. The lowest BCUT2D eigenvalue weighted by molar-refractivity contribution is 0.0987.